The lowest BCUT2D eigenvalue weighted by Gasteiger charge is -2.34. The molecule has 5 nitrogen and oxygen atoms in total. The summed E-state index contributed by atoms with van der Waals surface area (Å²) in [6.45, 7) is 6.42. The van der Waals surface area contributed by atoms with Crippen LogP contribution in [0.3, 0.4) is 0 Å². The molecule has 1 saturated heterocycles. The third-order valence-electron chi connectivity index (χ3n) is 5.28. The number of hydrogen-bond donors (Lipinski definition) is 0. The highest BCUT2D eigenvalue weighted by Crippen LogP contribution is 2.26. The van der Waals surface area contributed by atoms with Gasteiger partial charge in [0, 0.05) is 37.9 Å². The lowest BCUT2D eigenvalue weighted by molar-refractivity contribution is 0.0638. The highest BCUT2D eigenvalue weighted by atomic mass is 19.1. The lowest BCUT2D eigenvalue weighted by Crippen LogP contribution is -2.48. The number of rotatable bonds is 5. The van der Waals surface area contributed by atoms with Gasteiger partial charge in [-0.1, -0.05) is 25.1 Å². The number of carbonyl (C=O) groups excluding carboxylic acids is 1. The van der Waals surface area contributed by atoms with E-state index < -0.39 is 0 Å². The van der Waals surface area contributed by atoms with Crippen molar-refractivity contribution in [1.82, 2.24) is 19.6 Å². The van der Waals surface area contributed by atoms with Gasteiger partial charge in [-0.2, -0.15) is 5.10 Å². The number of aromatic nitrogens is 2. The Morgan fingerprint density at radius 1 is 1.00 bits per heavy atom. The summed E-state index contributed by atoms with van der Waals surface area (Å²) in [5, 5.41) is 4.68. The van der Waals surface area contributed by atoms with E-state index in [0.29, 0.717) is 24.3 Å². The van der Waals surface area contributed by atoms with Crippen LogP contribution < -0.4 is 0 Å². The Morgan fingerprint density at radius 2 is 1.69 bits per heavy atom. The van der Waals surface area contributed by atoms with Gasteiger partial charge in [-0.15, -0.1) is 0 Å². The van der Waals surface area contributed by atoms with E-state index in [-0.39, 0.29) is 11.7 Å². The Bertz CT molecular complexity index is 960. The average molecular weight is 392 g/mol. The zero-order valence-electron chi connectivity index (χ0n) is 16.6. The first-order valence-electron chi connectivity index (χ1n) is 10.1. The molecule has 0 N–H and O–H groups in total. The molecule has 6 heteroatoms. The molecule has 1 aliphatic rings. The van der Waals surface area contributed by atoms with Crippen molar-refractivity contribution in [3.05, 3.63) is 72.2 Å². The summed E-state index contributed by atoms with van der Waals surface area (Å²) in [5.74, 6) is -0.334. The minimum atomic E-state index is -0.309. The molecule has 0 spiro atoms. The molecule has 0 saturated carbocycles. The van der Waals surface area contributed by atoms with Gasteiger partial charge < -0.3 is 4.90 Å². The molecule has 0 atom stereocenters. The first kappa shape index (κ1) is 19.3. The number of hydrogen-bond acceptors (Lipinski definition) is 3. The maximum absolute atomic E-state index is 13.4. The summed E-state index contributed by atoms with van der Waals surface area (Å²) in [7, 11) is 0. The second-order valence-corrected chi connectivity index (χ2v) is 7.31. The van der Waals surface area contributed by atoms with Crippen LogP contribution in [0, 0.1) is 5.82 Å². The van der Waals surface area contributed by atoms with Crippen molar-refractivity contribution in [2.75, 3.05) is 32.7 Å². The molecule has 1 aliphatic heterocycles. The van der Waals surface area contributed by atoms with E-state index in [9.17, 15) is 9.18 Å². The molecular formula is C23H25FN4O. The van der Waals surface area contributed by atoms with Gasteiger partial charge in [-0.05, 0) is 49.4 Å². The molecule has 1 fully saturated rings. The molecule has 0 radical (unpaired) electrons. The molecule has 29 heavy (non-hydrogen) atoms. The molecule has 1 aromatic heterocycles. The van der Waals surface area contributed by atoms with E-state index in [1.54, 1.807) is 23.0 Å². The smallest absolute Gasteiger partial charge is 0.257 e. The molecule has 2 heterocycles. The van der Waals surface area contributed by atoms with E-state index in [4.69, 9.17) is 0 Å². The summed E-state index contributed by atoms with van der Waals surface area (Å²) >= 11 is 0. The van der Waals surface area contributed by atoms with Crippen LogP contribution in [-0.4, -0.2) is 58.2 Å². The average Bonchev–Trinajstić information content (AvgIpc) is 3.21. The Hall–Kier alpha value is -2.99. The summed E-state index contributed by atoms with van der Waals surface area (Å²) in [5.41, 5.74) is 2.73. The van der Waals surface area contributed by atoms with E-state index >= 15 is 0 Å². The normalized spacial score (nSPS) is 14.9. The number of amides is 1. The van der Waals surface area contributed by atoms with Crippen molar-refractivity contribution in [1.29, 1.82) is 0 Å². The van der Waals surface area contributed by atoms with Gasteiger partial charge in [0.25, 0.3) is 5.91 Å². The number of halogens is 1. The fourth-order valence-corrected chi connectivity index (χ4v) is 3.73. The van der Waals surface area contributed by atoms with Crippen molar-refractivity contribution >= 4 is 5.91 Å². The topological polar surface area (TPSA) is 41.4 Å². The molecule has 0 unspecified atom stereocenters. The molecule has 0 bridgehead atoms. The van der Waals surface area contributed by atoms with Crippen LogP contribution in [0.15, 0.2) is 60.8 Å². The predicted octanol–water partition coefficient (Wildman–Crippen LogP) is 3.85. The highest BCUT2D eigenvalue weighted by molar-refractivity contribution is 6.00. The van der Waals surface area contributed by atoms with Gasteiger partial charge in [-0.25, -0.2) is 9.07 Å². The van der Waals surface area contributed by atoms with Gasteiger partial charge in [0.1, 0.15) is 11.5 Å². The Morgan fingerprint density at radius 3 is 2.34 bits per heavy atom. The van der Waals surface area contributed by atoms with Crippen LogP contribution in [-0.2, 0) is 0 Å². The largest absolute Gasteiger partial charge is 0.336 e. The molecule has 3 aromatic rings. The van der Waals surface area contributed by atoms with Crippen molar-refractivity contribution in [2.45, 2.75) is 13.3 Å². The summed E-state index contributed by atoms with van der Waals surface area (Å²) in [6.07, 6.45) is 2.90. The predicted molar refractivity (Wildman–Crippen MR) is 112 cm³/mol. The van der Waals surface area contributed by atoms with Crippen LogP contribution in [0.25, 0.3) is 16.9 Å². The number of piperazine rings is 1. The SMILES string of the molecule is CCCN1CCN(C(=O)c2cn(-c3ccccc3)nc2-c2ccc(F)cc2)CC1. The highest BCUT2D eigenvalue weighted by Gasteiger charge is 2.26. The maximum atomic E-state index is 13.4. The first-order valence-corrected chi connectivity index (χ1v) is 10.1. The van der Waals surface area contributed by atoms with Gasteiger partial charge in [0.15, 0.2) is 0 Å². The van der Waals surface area contributed by atoms with Crippen LogP contribution in [0.5, 0.6) is 0 Å². The van der Waals surface area contributed by atoms with Crippen molar-refractivity contribution < 1.29 is 9.18 Å². The third kappa shape index (κ3) is 4.22. The number of nitrogens with zero attached hydrogens (tertiary/aromatic N) is 4. The molecular weight excluding hydrogens is 367 g/mol. The molecule has 2 aromatic carbocycles. The Balaban J connectivity index is 1.67. The zero-order chi connectivity index (χ0) is 20.2. The van der Waals surface area contributed by atoms with Crippen LogP contribution in [0.4, 0.5) is 4.39 Å². The second kappa shape index (κ2) is 8.57. The summed E-state index contributed by atoms with van der Waals surface area (Å²) in [6, 6.07) is 15.8. The maximum Gasteiger partial charge on any atom is 0.257 e. The Kier molecular flexibility index (Phi) is 5.71. The van der Waals surface area contributed by atoms with Crippen molar-refractivity contribution in [2.24, 2.45) is 0 Å². The number of carbonyl (C=O) groups is 1. The standard InChI is InChI=1S/C23H25FN4O/c1-2-12-26-13-15-27(16-14-26)23(29)21-17-28(20-6-4-3-5-7-20)25-22(21)18-8-10-19(24)11-9-18/h3-11,17H,2,12-16H2,1H3. The molecule has 150 valence electrons. The summed E-state index contributed by atoms with van der Waals surface area (Å²) in [4.78, 5) is 17.6. The van der Waals surface area contributed by atoms with Crippen LogP contribution >= 0.6 is 0 Å². The van der Waals surface area contributed by atoms with Crippen LogP contribution in [0.1, 0.15) is 23.7 Å². The fraction of sp³-hybridized carbons (Fsp3) is 0.304. The molecule has 4 rings (SSSR count). The quantitative estimate of drug-likeness (QED) is 0.662. The lowest BCUT2D eigenvalue weighted by atomic mass is 10.1. The van der Waals surface area contributed by atoms with E-state index in [1.165, 1.54) is 12.1 Å². The third-order valence-corrected chi connectivity index (χ3v) is 5.28. The monoisotopic (exact) mass is 392 g/mol. The van der Waals surface area contributed by atoms with Gasteiger partial charge in [-0.3, -0.25) is 9.69 Å². The Labute approximate surface area is 170 Å². The first-order chi connectivity index (χ1) is 14.2. The summed E-state index contributed by atoms with van der Waals surface area (Å²) < 4.78 is 15.1. The molecule has 0 aliphatic carbocycles. The number of benzene rings is 2. The minimum Gasteiger partial charge on any atom is -0.336 e. The second-order valence-electron chi connectivity index (χ2n) is 7.31. The van der Waals surface area contributed by atoms with Gasteiger partial charge in [0.2, 0.25) is 0 Å². The minimum absolute atomic E-state index is 0.0253. The van der Waals surface area contributed by atoms with E-state index in [2.05, 4.69) is 16.9 Å². The van der Waals surface area contributed by atoms with Crippen molar-refractivity contribution in [3.8, 4) is 16.9 Å². The van der Waals surface area contributed by atoms with Gasteiger partial charge >= 0.3 is 0 Å². The van der Waals surface area contributed by atoms with E-state index in [0.717, 1.165) is 37.3 Å². The molecule has 1 amide bonds. The van der Waals surface area contributed by atoms with Gasteiger partial charge in [0.05, 0.1) is 11.3 Å². The number of para-hydroxylation sites is 1. The fourth-order valence-electron chi connectivity index (χ4n) is 3.73. The van der Waals surface area contributed by atoms with Crippen molar-refractivity contribution in [3.63, 3.8) is 0 Å². The zero-order valence-corrected chi connectivity index (χ0v) is 16.6. The van der Waals surface area contributed by atoms with Crippen LogP contribution in [0.2, 0.25) is 0 Å². The van der Waals surface area contributed by atoms with E-state index in [1.807, 2.05) is 35.2 Å².